The molecule has 1 atom stereocenters. The van der Waals surface area contributed by atoms with Crippen molar-refractivity contribution < 1.29 is 14.0 Å². The van der Waals surface area contributed by atoms with Gasteiger partial charge < -0.3 is 4.90 Å². The van der Waals surface area contributed by atoms with E-state index >= 15 is 0 Å². The highest BCUT2D eigenvalue weighted by atomic mass is 35.5. The van der Waals surface area contributed by atoms with Gasteiger partial charge in [-0.05, 0) is 44.4 Å². The van der Waals surface area contributed by atoms with E-state index in [9.17, 15) is 18.8 Å². The van der Waals surface area contributed by atoms with Crippen LogP contribution in [0.2, 0.25) is 5.02 Å². The Kier molecular flexibility index (Phi) is 7.40. The van der Waals surface area contributed by atoms with E-state index in [-0.39, 0.29) is 39.4 Å². The van der Waals surface area contributed by atoms with Crippen LogP contribution in [0, 0.1) is 11.2 Å². The van der Waals surface area contributed by atoms with Crippen molar-refractivity contribution >= 4 is 46.8 Å². The highest BCUT2D eigenvalue weighted by Crippen LogP contribution is 2.20. The SMILES string of the molecule is C[C@H]1CCCCN1C(=O)Cn1c(=O)/c(=C\c2c(F)cccc2Cl)s/c1=C\C(=O)C(C)(C)C. The average molecular weight is 479 g/mol. The topological polar surface area (TPSA) is 59.4 Å². The van der Waals surface area contributed by atoms with Gasteiger partial charge in [-0.3, -0.25) is 19.0 Å². The summed E-state index contributed by atoms with van der Waals surface area (Å²) < 4.78 is 16.2. The Morgan fingerprint density at radius 1 is 1.28 bits per heavy atom. The molecule has 1 aromatic carbocycles. The Morgan fingerprint density at radius 3 is 2.62 bits per heavy atom. The van der Waals surface area contributed by atoms with E-state index in [2.05, 4.69) is 0 Å². The number of thiazole rings is 1. The second kappa shape index (κ2) is 9.71. The highest BCUT2D eigenvalue weighted by Gasteiger charge is 2.25. The number of amides is 1. The molecule has 2 heterocycles. The van der Waals surface area contributed by atoms with Crippen LogP contribution in [0.3, 0.4) is 0 Å². The number of Topliss-reactive ketones (excluding diaryl/α,β-unsaturated/α-hetero) is 1. The molecule has 0 saturated carbocycles. The van der Waals surface area contributed by atoms with Crippen molar-refractivity contribution in [1.29, 1.82) is 0 Å². The lowest BCUT2D eigenvalue weighted by Gasteiger charge is -2.33. The van der Waals surface area contributed by atoms with Crippen LogP contribution in [-0.2, 0) is 16.1 Å². The van der Waals surface area contributed by atoms with Crippen molar-refractivity contribution in [3.05, 3.63) is 54.2 Å². The molecule has 172 valence electrons. The summed E-state index contributed by atoms with van der Waals surface area (Å²) in [6, 6.07) is 4.40. The minimum Gasteiger partial charge on any atom is -0.338 e. The number of piperidine rings is 1. The van der Waals surface area contributed by atoms with Crippen LogP contribution in [0.4, 0.5) is 4.39 Å². The molecule has 0 radical (unpaired) electrons. The fraction of sp³-hybridized carbons (Fsp3) is 0.458. The first-order valence-corrected chi connectivity index (χ1v) is 11.9. The molecule has 1 saturated heterocycles. The Bertz CT molecular complexity index is 1190. The zero-order valence-electron chi connectivity index (χ0n) is 18.8. The van der Waals surface area contributed by atoms with Gasteiger partial charge in [0.2, 0.25) is 5.91 Å². The Balaban J connectivity index is 2.13. The maximum Gasteiger partial charge on any atom is 0.269 e. The van der Waals surface area contributed by atoms with Crippen LogP contribution >= 0.6 is 22.9 Å². The largest absolute Gasteiger partial charge is 0.338 e. The number of hydrogen-bond acceptors (Lipinski definition) is 4. The molecule has 1 aliphatic heterocycles. The van der Waals surface area contributed by atoms with Gasteiger partial charge in [0.15, 0.2) is 5.78 Å². The number of ketones is 1. The number of aromatic nitrogens is 1. The quantitative estimate of drug-likeness (QED) is 0.677. The van der Waals surface area contributed by atoms with E-state index in [0.29, 0.717) is 11.2 Å². The van der Waals surface area contributed by atoms with E-state index in [4.69, 9.17) is 11.6 Å². The zero-order chi connectivity index (χ0) is 23.6. The number of halogens is 2. The Labute approximate surface area is 195 Å². The molecule has 32 heavy (non-hydrogen) atoms. The smallest absolute Gasteiger partial charge is 0.269 e. The van der Waals surface area contributed by atoms with Crippen LogP contribution in [0.1, 0.15) is 52.5 Å². The summed E-state index contributed by atoms with van der Waals surface area (Å²) in [4.78, 5) is 40.7. The third-order valence-electron chi connectivity index (χ3n) is 5.62. The number of benzene rings is 1. The molecule has 1 aliphatic rings. The summed E-state index contributed by atoms with van der Waals surface area (Å²) in [6.07, 6.45) is 5.72. The van der Waals surface area contributed by atoms with Gasteiger partial charge in [0.1, 0.15) is 17.0 Å². The van der Waals surface area contributed by atoms with Crippen LogP contribution in [0.5, 0.6) is 0 Å². The second-order valence-electron chi connectivity index (χ2n) is 9.17. The predicted molar refractivity (Wildman–Crippen MR) is 127 cm³/mol. The molecule has 0 N–H and O–H groups in total. The third-order valence-corrected chi connectivity index (χ3v) is 7.01. The molecule has 0 spiro atoms. The van der Waals surface area contributed by atoms with E-state index < -0.39 is 16.8 Å². The zero-order valence-corrected chi connectivity index (χ0v) is 20.4. The number of hydrogen-bond donors (Lipinski definition) is 0. The number of carbonyl (C=O) groups excluding carboxylic acids is 2. The van der Waals surface area contributed by atoms with Gasteiger partial charge in [0, 0.05) is 29.6 Å². The molecule has 1 amide bonds. The molecular formula is C24H28ClFN2O3S. The molecule has 8 heteroatoms. The normalized spacial score (nSPS) is 18.3. The number of carbonyl (C=O) groups is 2. The minimum atomic E-state index is -0.644. The van der Waals surface area contributed by atoms with Crippen LogP contribution in [-0.4, -0.2) is 33.7 Å². The van der Waals surface area contributed by atoms with E-state index in [1.54, 1.807) is 31.7 Å². The van der Waals surface area contributed by atoms with Crippen molar-refractivity contribution in [3.8, 4) is 0 Å². The summed E-state index contributed by atoms with van der Waals surface area (Å²) in [6.45, 7) is 7.85. The molecule has 3 rings (SSSR count). The summed E-state index contributed by atoms with van der Waals surface area (Å²) in [5.74, 6) is -0.876. The second-order valence-corrected chi connectivity index (χ2v) is 10.6. The predicted octanol–water partition coefficient (Wildman–Crippen LogP) is 3.33. The van der Waals surface area contributed by atoms with Crippen LogP contribution < -0.4 is 14.8 Å². The maximum absolute atomic E-state index is 14.3. The number of nitrogens with zero attached hydrogens (tertiary/aromatic N) is 2. The van der Waals surface area contributed by atoms with E-state index in [1.165, 1.54) is 28.9 Å². The van der Waals surface area contributed by atoms with Crippen molar-refractivity contribution in [3.63, 3.8) is 0 Å². The molecule has 1 aromatic heterocycles. The Morgan fingerprint density at radius 2 is 2.00 bits per heavy atom. The Hall–Kier alpha value is -2.25. The fourth-order valence-electron chi connectivity index (χ4n) is 3.60. The molecule has 5 nitrogen and oxygen atoms in total. The van der Waals surface area contributed by atoms with Gasteiger partial charge in [-0.25, -0.2) is 4.39 Å². The lowest BCUT2D eigenvalue weighted by molar-refractivity contribution is -0.135. The molecule has 0 bridgehead atoms. The van der Waals surface area contributed by atoms with Gasteiger partial charge >= 0.3 is 0 Å². The van der Waals surface area contributed by atoms with Gasteiger partial charge in [0.25, 0.3) is 5.56 Å². The number of rotatable bonds is 4. The summed E-state index contributed by atoms with van der Waals surface area (Å²) >= 11 is 7.18. The van der Waals surface area contributed by atoms with Gasteiger partial charge in [-0.2, -0.15) is 0 Å². The third kappa shape index (κ3) is 5.38. The standard InChI is InChI=1S/C24H28ClFN2O3S/c1-15-8-5-6-11-27(15)21(30)14-28-22(13-20(29)24(2,3)4)32-19(23(28)31)12-16-17(25)9-7-10-18(16)26/h7,9-10,12-13,15H,5-6,8,11,14H2,1-4H3/b19-12+,22-13-/t15-/m0/s1. The molecule has 0 unspecified atom stereocenters. The monoisotopic (exact) mass is 478 g/mol. The highest BCUT2D eigenvalue weighted by molar-refractivity contribution is 7.07. The van der Waals surface area contributed by atoms with Gasteiger partial charge in [0.05, 0.1) is 9.55 Å². The van der Waals surface area contributed by atoms with E-state index in [1.807, 2.05) is 6.92 Å². The van der Waals surface area contributed by atoms with Crippen LogP contribution in [0.15, 0.2) is 23.0 Å². The van der Waals surface area contributed by atoms with Crippen molar-refractivity contribution in [2.24, 2.45) is 5.41 Å². The van der Waals surface area contributed by atoms with Gasteiger partial charge in [-0.15, -0.1) is 11.3 Å². The molecule has 1 fully saturated rings. The van der Waals surface area contributed by atoms with Crippen molar-refractivity contribution in [2.75, 3.05) is 6.54 Å². The lowest BCUT2D eigenvalue weighted by Crippen LogP contribution is -2.46. The van der Waals surface area contributed by atoms with Crippen molar-refractivity contribution in [2.45, 2.75) is 59.5 Å². The fourth-order valence-corrected chi connectivity index (χ4v) is 4.84. The van der Waals surface area contributed by atoms with Crippen molar-refractivity contribution in [1.82, 2.24) is 9.47 Å². The molecule has 2 aromatic rings. The maximum atomic E-state index is 14.3. The van der Waals surface area contributed by atoms with E-state index in [0.717, 1.165) is 30.6 Å². The summed E-state index contributed by atoms with van der Waals surface area (Å²) in [5.41, 5.74) is -0.987. The molecule has 0 aliphatic carbocycles. The summed E-state index contributed by atoms with van der Waals surface area (Å²) in [5, 5.41) is 0.180. The minimum absolute atomic E-state index is 0.101. The van der Waals surface area contributed by atoms with Gasteiger partial charge in [-0.1, -0.05) is 38.4 Å². The first-order chi connectivity index (χ1) is 15.0. The average Bonchev–Trinajstić information content (AvgIpc) is 2.99. The summed E-state index contributed by atoms with van der Waals surface area (Å²) in [7, 11) is 0. The van der Waals surface area contributed by atoms with Crippen LogP contribution in [0.25, 0.3) is 12.2 Å². The molecular weight excluding hydrogens is 451 g/mol. The lowest BCUT2D eigenvalue weighted by atomic mass is 9.91. The first kappa shape index (κ1) is 24.4. The first-order valence-electron chi connectivity index (χ1n) is 10.7. The number of likely N-dealkylation sites (tertiary alicyclic amines) is 1.